The monoisotopic (exact) mass is 112 g/mol. The van der Waals surface area contributed by atoms with E-state index in [9.17, 15) is 0 Å². The summed E-state index contributed by atoms with van der Waals surface area (Å²) >= 11 is 0. The molecule has 0 atom stereocenters. The first-order valence-electron chi connectivity index (χ1n) is 2.37. The number of aromatic nitrogens is 2. The minimum Gasteiger partial charge on any atom is -0.352 e. The van der Waals surface area contributed by atoms with Crippen LogP contribution in [0, 0.1) is 6.20 Å². The summed E-state index contributed by atoms with van der Waals surface area (Å²) in [6.07, 6.45) is 2.50. The number of nitrogens with zero attached hydrogens (tertiary/aromatic N) is 2. The van der Waals surface area contributed by atoms with Gasteiger partial charge in [-0.3, -0.25) is 0 Å². The Kier molecular flexibility index (Phi) is 1.46. The molecule has 1 N–H and O–H groups in total. The summed E-state index contributed by atoms with van der Waals surface area (Å²) in [7, 11) is 0. The lowest BCUT2D eigenvalue weighted by molar-refractivity contribution is 0.404. The Morgan fingerprint density at radius 2 is 2.75 bits per heavy atom. The van der Waals surface area contributed by atoms with Gasteiger partial charge in [-0.2, -0.15) is 0 Å². The van der Waals surface area contributed by atoms with Gasteiger partial charge in [0, 0.05) is 11.8 Å². The van der Waals surface area contributed by atoms with Crippen molar-refractivity contribution in [1.82, 2.24) is 10.4 Å². The molecule has 0 fully saturated rings. The molecule has 0 aliphatic rings. The van der Waals surface area contributed by atoms with Crippen molar-refractivity contribution in [2.24, 2.45) is 0 Å². The van der Waals surface area contributed by atoms with Gasteiger partial charge >= 0.3 is 0 Å². The fraction of sp³-hybridized carbons (Fsp3) is 0.500. The second kappa shape index (κ2) is 2.30. The molecule has 0 bridgehead atoms. The van der Waals surface area contributed by atoms with Crippen LogP contribution >= 0.6 is 0 Å². The zero-order valence-electron chi connectivity index (χ0n) is 4.51. The molecule has 0 amide bonds. The van der Waals surface area contributed by atoms with Crippen LogP contribution in [-0.4, -0.2) is 16.9 Å². The van der Waals surface area contributed by atoms with E-state index in [1.807, 2.05) is 6.92 Å². The SMILES string of the molecule is CCNc1[c]nno1. The maximum Gasteiger partial charge on any atom is 0.255 e. The zero-order chi connectivity index (χ0) is 5.82. The smallest absolute Gasteiger partial charge is 0.255 e. The van der Waals surface area contributed by atoms with E-state index < -0.39 is 0 Å². The van der Waals surface area contributed by atoms with Crippen molar-refractivity contribution in [3.63, 3.8) is 0 Å². The van der Waals surface area contributed by atoms with Crippen LogP contribution in [0.3, 0.4) is 0 Å². The maximum atomic E-state index is 4.55. The van der Waals surface area contributed by atoms with Gasteiger partial charge in [0.25, 0.3) is 5.88 Å². The predicted molar refractivity (Wildman–Crippen MR) is 27.3 cm³/mol. The van der Waals surface area contributed by atoms with Crippen molar-refractivity contribution in [1.29, 1.82) is 0 Å². The molecule has 0 saturated heterocycles. The second-order valence-electron chi connectivity index (χ2n) is 1.24. The van der Waals surface area contributed by atoms with Crippen molar-refractivity contribution < 1.29 is 4.52 Å². The van der Waals surface area contributed by atoms with Gasteiger partial charge in [-0.15, -0.1) is 5.10 Å². The normalized spacial score (nSPS) is 9.12. The van der Waals surface area contributed by atoms with Crippen molar-refractivity contribution in [3.05, 3.63) is 6.20 Å². The Bertz CT molecular complexity index is 137. The van der Waals surface area contributed by atoms with Crippen LogP contribution in [0.2, 0.25) is 0 Å². The average molecular weight is 112 g/mol. The molecule has 8 heavy (non-hydrogen) atoms. The van der Waals surface area contributed by atoms with E-state index in [1.54, 1.807) is 0 Å². The summed E-state index contributed by atoms with van der Waals surface area (Å²) in [5.41, 5.74) is 0. The Morgan fingerprint density at radius 1 is 1.88 bits per heavy atom. The fourth-order valence-corrected chi connectivity index (χ4v) is 0.380. The van der Waals surface area contributed by atoms with Crippen LogP contribution in [-0.2, 0) is 0 Å². The molecule has 0 aromatic carbocycles. The minimum absolute atomic E-state index is 0.493. The summed E-state index contributed by atoms with van der Waals surface area (Å²) in [4.78, 5) is 0. The van der Waals surface area contributed by atoms with E-state index in [0.717, 1.165) is 6.54 Å². The Balaban J connectivity index is 2.50. The van der Waals surface area contributed by atoms with E-state index >= 15 is 0 Å². The zero-order valence-corrected chi connectivity index (χ0v) is 4.51. The van der Waals surface area contributed by atoms with Crippen LogP contribution in [0.4, 0.5) is 5.88 Å². The topological polar surface area (TPSA) is 51.0 Å². The molecule has 0 saturated carbocycles. The van der Waals surface area contributed by atoms with Gasteiger partial charge in [0.1, 0.15) is 0 Å². The highest BCUT2D eigenvalue weighted by atomic mass is 16.5. The fourth-order valence-electron chi connectivity index (χ4n) is 0.380. The molecule has 0 aliphatic carbocycles. The van der Waals surface area contributed by atoms with Crippen LogP contribution in [0.15, 0.2) is 4.52 Å². The average Bonchev–Trinajstić information content (AvgIpc) is 2.19. The first-order chi connectivity index (χ1) is 3.93. The molecule has 1 aromatic rings. The van der Waals surface area contributed by atoms with Crippen LogP contribution in [0.25, 0.3) is 0 Å². The van der Waals surface area contributed by atoms with E-state index in [4.69, 9.17) is 0 Å². The molecule has 1 radical (unpaired) electrons. The molecule has 1 rings (SSSR count). The molecule has 1 aromatic heterocycles. The first kappa shape index (κ1) is 5.08. The van der Waals surface area contributed by atoms with Crippen molar-refractivity contribution >= 4 is 5.88 Å². The number of nitrogens with one attached hydrogen (secondary N) is 1. The van der Waals surface area contributed by atoms with Crippen LogP contribution in [0.1, 0.15) is 6.92 Å². The highest BCUT2D eigenvalue weighted by Crippen LogP contribution is 1.96. The van der Waals surface area contributed by atoms with Gasteiger partial charge in [0.05, 0.1) is 0 Å². The molecule has 0 unspecified atom stereocenters. The van der Waals surface area contributed by atoms with E-state index in [1.165, 1.54) is 0 Å². The van der Waals surface area contributed by atoms with Crippen molar-refractivity contribution in [2.45, 2.75) is 6.92 Å². The summed E-state index contributed by atoms with van der Waals surface area (Å²) in [5, 5.41) is 9.37. The third kappa shape index (κ3) is 0.959. The van der Waals surface area contributed by atoms with Crippen molar-refractivity contribution in [2.75, 3.05) is 11.9 Å². The third-order valence-electron chi connectivity index (χ3n) is 0.662. The summed E-state index contributed by atoms with van der Waals surface area (Å²) in [6, 6.07) is 0. The van der Waals surface area contributed by atoms with Crippen LogP contribution < -0.4 is 5.32 Å². The van der Waals surface area contributed by atoms with Gasteiger partial charge in [0.2, 0.25) is 0 Å². The lowest BCUT2D eigenvalue weighted by atomic mass is 10.7. The quantitative estimate of drug-likeness (QED) is 0.597. The summed E-state index contributed by atoms with van der Waals surface area (Å²) in [6.45, 7) is 2.75. The lowest BCUT2D eigenvalue weighted by Gasteiger charge is -1.88. The predicted octanol–water partition coefficient (Wildman–Crippen LogP) is 0.302. The standard InChI is InChI=1S/C4H6N3O/c1-2-5-4-3-6-7-8-4/h5H,2H2,1H3. The van der Waals surface area contributed by atoms with Gasteiger partial charge in [-0.25, -0.2) is 0 Å². The molecule has 0 spiro atoms. The second-order valence-corrected chi connectivity index (χ2v) is 1.24. The largest absolute Gasteiger partial charge is 0.352 e. The Hall–Kier alpha value is -1.06. The van der Waals surface area contributed by atoms with Gasteiger partial charge in [-0.05, 0) is 6.92 Å². The Morgan fingerprint density at radius 3 is 3.25 bits per heavy atom. The molecule has 1 heterocycles. The Labute approximate surface area is 46.9 Å². The number of hydrogen-bond donors (Lipinski definition) is 1. The number of hydrogen-bond acceptors (Lipinski definition) is 4. The maximum absolute atomic E-state index is 4.55. The highest BCUT2D eigenvalue weighted by molar-refractivity contribution is 5.22. The van der Waals surface area contributed by atoms with E-state index in [-0.39, 0.29) is 0 Å². The lowest BCUT2D eigenvalue weighted by Crippen LogP contribution is -1.93. The van der Waals surface area contributed by atoms with Gasteiger partial charge in [0.15, 0.2) is 6.20 Å². The highest BCUT2D eigenvalue weighted by Gasteiger charge is 1.91. The summed E-state index contributed by atoms with van der Waals surface area (Å²) < 4.78 is 4.55. The molecule has 4 heteroatoms. The van der Waals surface area contributed by atoms with Crippen molar-refractivity contribution in [3.8, 4) is 0 Å². The number of anilines is 1. The van der Waals surface area contributed by atoms with E-state index in [0.29, 0.717) is 5.88 Å². The van der Waals surface area contributed by atoms with Crippen LogP contribution in [0.5, 0.6) is 0 Å². The van der Waals surface area contributed by atoms with Gasteiger partial charge in [-0.1, -0.05) is 0 Å². The minimum atomic E-state index is 0.493. The molecular formula is C4H6N3O. The number of rotatable bonds is 2. The molecule has 43 valence electrons. The van der Waals surface area contributed by atoms with E-state index in [2.05, 4.69) is 26.4 Å². The van der Waals surface area contributed by atoms with Gasteiger partial charge < -0.3 is 9.84 Å². The molecular weight excluding hydrogens is 106 g/mol. The third-order valence-corrected chi connectivity index (χ3v) is 0.662. The first-order valence-corrected chi connectivity index (χ1v) is 2.37. The molecule has 4 nitrogen and oxygen atoms in total. The summed E-state index contributed by atoms with van der Waals surface area (Å²) in [5.74, 6) is 0.493. The molecule has 0 aliphatic heterocycles.